The quantitative estimate of drug-likeness (QED) is 0.580. The van der Waals surface area contributed by atoms with Crippen molar-refractivity contribution in [2.24, 2.45) is 4.99 Å². The number of benzene rings is 2. The predicted molar refractivity (Wildman–Crippen MR) is 120 cm³/mol. The normalized spacial score (nSPS) is 18.8. The van der Waals surface area contributed by atoms with Gasteiger partial charge in [0.25, 0.3) is 5.56 Å². The van der Waals surface area contributed by atoms with E-state index >= 15 is 0 Å². The number of allylic oxidation sites excluding steroid dienone is 2. The number of nitrogens with zero attached hydrogens (tertiary/aromatic N) is 2. The minimum atomic E-state index is -0.483. The number of carbonyl (C=O) groups is 1. The zero-order valence-corrected chi connectivity index (χ0v) is 18.1. The van der Waals surface area contributed by atoms with E-state index in [1.165, 1.54) is 11.3 Å². The monoisotopic (exact) mass is 454 g/mol. The lowest BCUT2D eigenvalue weighted by atomic mass is 9.86. The SMILES string of the molecule is O=C1CCCC2=C1C(c1ccc(Cl)cc1)n1c(sc(=Cc3cccc(Cl)c3)c1=O)=N2. The molecule has 0 saturated carbocycles. The molecule has 7 heteroatoms. The molecule has 1 aromatic heterocycles. The molecule has 1 aliphatic carbocycles. The molecule has 30 heavy (non-hydrogen) atoms. The Labute approximate surface area is 186 Å². The Morgan fingerprint density at radius 1 is 1.03 bits per heavy atom. The smallest absolute Gasteiger partial charge is 0.271 e. The highest BCUT2D eigenvalue weighted by molar-refractivity contribution is 7.07. The zero-order valence-electron chi connectivity index (χ0n) is 15.8. The molecule has 2 aliphatic rings. The Morgan fingerprint density at radius 2 is 1.83 bits per heavy atom. The molecule has 1 aliphatic heterocycles. The van der Waals surface area contributed by atoms with Gasteiger partial charge in [-0.15, -0.1) is 0 Å². The summed E-state index contributed by atoms with van der Waals surface area (Å²) < 4.78 is 2.20. The molecule has 2 aromatic carbocycles. The number of ketones is 1. The lowest BCUT2D eigenvalue weighted by molar-refractivity contribution is -0.116. The predicted octanol–water partition coefficient (Wildman–Crippen LogP) is 4.28. The Bertz CT molecular complexity index is 1380. The van der Waals surface area contributed by atoms with Crippen LogP contribution in [0.4, 0.5) is 0 Å². The lowest BCUT2D eigenvalue weighted by Gasteiger charge is -2.28. The van der Waals surface area contributed by atoms with Crippen LogP contribution in [0.15, 0.2) is 69.6 Å². The molecule has 3 aromatic rings. The van der Waals surface area contributed by atoms with Crippen LogP contribution in [0.2, 0.25) is 10.0 Å². The highest BCUT2D eigenvalue weighted by Crippen LogP contribution is 2.36. The third-order valence-electron chi connectivity index (χ3n) is 5.36. The fourth-order valence-corrected chi connectivity index (χ4v) is 5.36. The van der Waals surface area contributed by atoms with Gasteiger partial charge in [0, 0.05) is 22.0 Å². The van der Waals surface area contributed by atoms with Crippen LogP contribution in [0.25, 0.3) is 6.08 Å². The second-order valence-electron chi connectivity index (χ2n) is 7.33. The second-order valence-corrected chi connectivity index (χ2v) is 9.21. The van der Waals surface area contributed by atoms with Crippen molar-refractivity contribution in [2.45, 2.75) is 25.3 Å². The highest BCUT2D eigenvalue weighted by Gasteiger charge is 2.34. The molecule has 0 bridgehead atoms. The van der Waals surface area contributed by atoms with Gasteiger partial charge < -0.3 is 0 Å². The first kappa shape index (κ1) is 19.5. The first-order chi connectivity index (χ1) is 14.5. The molecule has 0 spiro atoms. The zero-order chi connectivity index (χ0) is 20.8. The molecule has 5 rings (SSSR count). The van der Waals surface area contributed by atoms with Crippen molar-refractivity contribution >= 4 is 46.4 Å². The summed E-state index contributed by atoms with van der Waals surface area (Å²) in [6, 6.07) is 14.2. The van der Waals surface area contributed by atoms with Gasteiger partial charge in [0.1, 0.15) is 0 Å². The van der Waals surface area contributed by atoms with Gasteiger partial charge in [-0.3, -0.25) is 14.2 Å². The molecule has 150 valence electrons. The minimum absolute atomic E-state index is 0.0593. The standard InChI is InChI=1S/C23H16Cl2N2O2S/c24-15-9-7-14(8-10-15)21-20-17(5-2-6-18(20)28)26-23-27(21)22(29)19(30-23)12-13-3-1-4-16(25)11-13/h1,3-4,7-12,21H,2,5-6H2. The lowest BCUT2D eigenvalue weighted by Crippen LogP contribution is -2.40. The van der Waals surface area contributed by atoms with E-state index in [1.807, 2.05) is 36.4 Å². The Balaban J connectivity index is 1.76. The maximum absolute atomic E-state index is 13.4. The van der Waals surface area contributed by atoms with Gasteiger partial charge in [0.2, 0.25) is 0 Å². The summed E-state index contributed by atoms with van der Waals surface area (Å²) in [4.78, 5) is 31.6. The summed E-state index contributed by atoms with van der Waals surface area (Å²) in [5, 5.41) is 1.22. The number of carbonyl (C=O) groups excluding carboxylic acids is 1. The number of fused-ring (bicyclic) bond motifs is 1. The summed E-state index contributed by atoms with van der Waals surface area (Å²) in [6.07, 6.45) is 3.82. The maximum Gasteiger partial charge on any atom is 0.271 e. The highest BCUT2D eigenvalue weighted by atomic mass is 35.5. The van der Waals surface area contributed by atoms with Crippen LogP contribution in [0.1, 0.15) is 36.4 Å². The van der Waals surface area contributed by atoms with Crippen LogP contribution in [-0.4, -0.2) is 10.4 Å². The summed E-state index contributed by atoms with van der Waals surface area (Å²) >= 11 is 13.5. The molecule has 2 heterocycles. The van der Waals surface area contributed by atoms with Crippen LogP contribution in [0.3, 0.4) is 0 Å². The van der Waals surface area contributed by atoms with Gasteiger partial charge in [0.15, 0.2) is 10.6 Å². The summed E-state index contributed by atoms with van der Waals surface area (Å²) in [6.45, 7) is 0. The average molecular weight is 455 g/mol. The topological polar surface area (TPSA) is 51.4 Å². The molecule has 4 nitrogen and oxygen atoms in total. The third kappa shape index (κ3) is 3.37. The van der Waals surface area contributed by atoms with E-state index in [2.05, 4.69) is 0 Å². The fraction of sp³-hybridized carbons (Fsp3) is 0.174. The van der Waals surface area contributed by atoms with Crippen LogP contribution >= 0.6 is 34.5 Å². The van der Waals surface area contributed by atoms with E-state index in [0.29, 0.717) is 31.4 Å². The molecule has 0 radical (unpaired) electrons. The Hall–Kier alpha value is -2.47. The molecule has 0 fully saturated rings. The molecule has 1 atom stereocenters. The van der Waals surface area contributed by atoms with Crippen molar-refractivity contribution in [1.29, 1.82) is 0 Å². The van der Waals surface area contributed by atoms with Gasteiger partial charge in [-0.1, -0.05) is 58.8 Å². The van der Waals surface area contributed by atoms with E-state index in [9.17, 15) is 9.59 Å². The van der Waals surface area contributed by atoms with Gasteiger partial charge in [-0.25, -0.2) is 4.99 Å². The summed E-state index contributed by atoms with van der Waals surface area (Å²) in [5.74, 6) is 0.0593. The fourth-order valence-electron chi connectivity index (χ4n) is 4.02. The number of halogens is 2. The van der Waals surface area contributed by atoms with Crippen molar-refractivity contribution in [2.75, 3.05) is 0 Å². The van der Waals surface area contributed by atoms with Crippen LogP contribution in [0.5, 0.6) is 0 Å². The summed E-state index contributed by atoms with van der Waals surface area (Å²) in [5.41, 5.74) is 2.96. The second kappa shape index (κ2) is 7.65. The number of Topliss-reactive ketones (excluding diaryl/α,β-unsaturated/α-hetero) is 1. The van der Waals surface area contributed by atoms with Gasteiger partial charge in [-0.2, -0.15) is 0 Å². The van der Waals surface area contributed by atoms with Gasteiger partial charge in [0.05, 0.1) is 16.3 Å². The first-order valence-electron chi connectivity index (χ1n) is 9.60. The number of aromatic nitrogens is 1. The molecular weight excluding hydrogens is 439 g/mol. The maximum atomic E-state index is 13.4. The van der Waals surface area contributed by atoms with E-state index in [-0.39, 0.29) is 11.3 Å². The number of hydrogen-bond acceptors (Lipinski definition) is 4. The van der Waals surface area contributed by atoms with Gasteiger partial charge in [-0.05, 0) is 54.3 Å². The molecule has 1 unspecified atom stereocenters. The van der Waals surface area contributed by atoms with E-state index < -0.39 is 6.04 Å². The number of rotatable bonds is 2. The van der Waals surface area contributed by atoms with E-state index in [0.717, 1.165) is 29.7 Å². The number of hydrogen-bond donors (Lipinski definition) is 0. The van der Waals surface area contributed by atoms with Crippen molar-refractivity contribution in [3.05, 3.63) is 101 Å². The van der Waals surface area contributed by atoms with Crippen LogP contribution in [-0.2, 0) is 4.79 Å². The van der Waals surface area contributed by atoms with Crippen molar-refractivity contribution < 1.29 is 4.79 Å². The number of thiazole rings is 1. The summed E-state index contributed by atoms with van der Waals surface area (Å²) in [7, 11) is 0. The minimum Gasteiger partial charge on any atom is -0.294 e. The van der Waals surface area contributed by atoms with E-state index in [4.69, 9.17) is 28.2 Å². The molecular formula is C23H16Cl2N2O2S. The molecule has 0 amide bonds. The Kier molecular flexibility index (Phi) is 4.97. The third-order valence-corrected chi connectivity index (χ3v) is 6.83. The molecule has 0 saturated heterocycles. The van der Waals surface area contributed by atoms with Crippen molar-refractivity contribution in [3.63, 3.8) is 0 Å². The van der Waals surface area contributed by atoms with Gasteiger partial charge >= 0.3 is 0 Å². The van der Waals surface area contributed by atoms with Crippen molar-refractivity contribution in [3.8, 4) is 0 Å². The van der Waals surface area contributed by atoms with Crippen LogP contribution in [0, 0.1) is 0 Å². The Morgan fingerprint density at radius 3 is 2.60 bits per heavy atom. The largest absolute Gasteiger partial charge is 0.294 e. The molecule has 0 N–H and O–H groups in total. The van der Waals surface area contributed by atoms with E-state index in [1.54, 1.807) is 22.8 Å². The van der Waals surface area contributed by atoms with Crippen LogP contribution < -0.4 is 14.9 Å². The van der Waals surface area contributed by atoms with Crippen molar-refractivity contribution in [1.82, 2.24) is 4.57 Å². The average Bonchev–Trinajstić information content (AvgIpc) is 3.02. The first-order valence-corrected chi connectivity index (χ1v) is 11.2.